The van der Waals surface area contributed by atoms with E-state index in [0.717, 1.165) is 0 Å². The fourth-order valence-electron chi connectivity index (χ4n) is 1.85. The number of nitrogens with two attached hydrogens (primary N) is 1. The third-order valence-electron chi connectivity index (χ3n) is 3.02. The van der Waals surface area contributed by atoms with Gasteiger partial charge in [-0.3, -0.25) is 9.59 Å². The molecule has 0 saturated heterocycles. The zero-order valence-corrected chi connectivity index (χ0v) is 13.4. The third-order valence-corrected chi connectivity index (χ3v) is 3.51. The molecule has 2 rings (SSSR count). The molecule has 6 heteroatoms. The fraction of sp³-hybridized carbons (Fsp3) is 0.125. The minimum absolute atomic E-state index is 0.0584. The fourth-order valence-corrected chi connectivity index (χ4v) is 2.21. The Balaban J connectivity index is 2.45. The molecule has 0 aliphatic rings. The van der Waals surface area contributed by atoms with Crippen molar-refractivity contribution >= 4 is 33.3 Å². The molecule has 4 nitrogen and oxygen atoms in total. The molecule has 0 bridgehead atoms. The van der Waals surface area contributed by atoms with Crippen molar-refractivity contribution in [2.45, 2.75) is 13.0 Å². The van der Waals surface area contributed by atoms with E-state index in [9.17, 15) is 14.0 Å². The van der Waals surface area contributed by atoms with E-state index in [-0.39, 0.29) is 11.1 Å². The number of anilines is 1. The van der Waals surface area contributed by atoms with Crippen LogP contribution in [0.5, 0.6) is 0 Å². The lowest BCUT2D eigenvalue weighted by Gasteiger charge is -2.13. The Bertz CT molecular complexity index is 732. The van der Waals surface area contributed by atoms with Crippen molar-refractivity contribution in [3.05, 3.63) is 63.9 Å². The molecule has 1 atom stereocenters. The molecule has 0 aliphatic heterocycles. The predicted molar refractivity (Wildman–Crippen MR) is 86.3 cm³/mol. The zero-order chi connectivity index (χ0) is 16.3. The van der Waals surface area contributed by atoms with Crippen LogP contribution in [0.4, 0.5) is 10.1 Å². The molecule has 0 fully saturated rings. The first-order valence-corrected chi connectivity index (χ1v) is 7.34. The molecule has 114 valence electrons. The summed E-state index contributed by atoms with van der Waals surface area (Å²) in [6, 6.07) is 9.75. The average Bonchev–Trinajstić information content (AvgIpc) is 2.48. The highest BCUT2D eigenvalue weighted by Gasteiger charge is 2.19. The summed E-state index contributed by atoms with van der Waals surface area (Å²) in [6.45, 7) is 1.53. The van der Waals surface area contributed by atoms with Crippen molar-refractivity contribution in [2.24, 2.45) is 5.73 Å². The van der Waals surface area contributed by atoms with Crippen LogP contribution in [0, 0.1) is 5.82 Å². The molecule has 0 unspecified atom stereocenters. The second-order valence-corrected chi connectivity index (χ2v) is 5.69. The summed E-state index contributed by atoms with van der Waals surface area (Å²) in [5.41, 5.74) is 5.93. The van der Waals surface area contributed by atoms with Gasteiger partial charge in [-0.15, -0.1) is 0 Å². The highest BCUT2D eigenvalue weighted by atomic mass is 79.9. The molecule has 0 saturated carbocycles. The van der Waals surface area contributed by atoms with Gasteiger partial charge >= 0.3 is 0 Å². The highest BCUT2D eigenvalue weighted by molar-refractivity contribution is 9.10. The van der Waals surface area contributed by atoms with Crippen molar-refractivity contribution < 1.29 is 14.0 Å². The maximum Gasteiger partial charge on any atom is 0.241 e. The topological polar surface area (TPSA) is 72.2 Å². The Morgan fingerprint density at radius 1 is 1.18 bits per heavy atom. The molecular formula is C16H14BrFN2O2. The quantitative estimate of drug-likeness (QED) is 0.818. The minimum atomic E-state index is -0.722. The van der Waals surface area contributed by atoms with Crippen LogP contribution in [0.25, 0.3) is 0 Å². The molecule has 22 heavy (non-hydrogen) atoms. The Hall–Kier alpha value is -2.05. The monoisotopic (exact) mass is 364 g/mol. The van der Waals surface area contributed by atoms with Crippen LogP contribution in [-0.4, -0.2) is 17.7 Å². The highest BCUT2D eigenvalue weighted by Crippen LogP contribution is 2.25. The summed E-state index contributed by atoms with van der Waals surface area (Å²) in [5.74, 6) is -1.55. The van der Waals surface area contributed by atoms with E-state index in [0.29, 0.717) is 10.2 Å². The zero-order valence-electron chi connectivity index (χ0n) is 11.8. The van der Waals surface area contributed by atoms with E-state index in [4.69, 9.17) is 5.73 Å². The lowest BCUT2D eigenvalue weighted by Crippen LogP contribution is -2.33. The molecule has 0 aromatic heterocycles. The molecule has 0 radical (unpaired) electrons. The third kappa shape index (κ3) is 3.58. The van der Waals surface area contributed by atoms with E-state index in [2.05, 4.69) is 21.2 Å². The van der Waals surface area contributed by atoms with Crippen molar-refractivity contribution in [1.29, 1.82) is 0 Å². The lowest BCUT2D eigenvalue weighted by atomic mass is 10.0. The first kappa shape index (κ1) is 16.3. The summed E-state index contributed by atoms with van der Waals surface area (Å²) < 4.78 is 14.5. The van der Waals surface area contributed by atoms with Gasteiger partial charge in [0.15, 0.2) is 5.78 Å². The number of rotatable bonds is 4. The number of hydrogen-bond acceptors (Lipinski definition) is 3. The smallest absolute Gasteiger partial charge is 0.241 e. The van der Waals surface area contributed by atoms with Gasteiger partial charge in [0.2, 0.25) is 5.91 Å². The Morgan fingerprint density at radius 2 is 1.86 bits per heavy atom. The largest absolute Gasteiger partial charge is 0.324 e. The van der Waals surface area contributed by atoms with Crippen LogP contribution in [0.2, 0.25) is 0 Å². The second kappa shape index (κ2) is 6.81. The van der Waals surface area contributed by atoms with Gasteiger partial charge in [-0.2, -0.15) is 0 Å². The Kier molecular flexibility index (Phi) is 5.05. The number of carbonyl (C=O) groups is 2. The van der Waals surface area contributed by atoms with Gasteiger partial charge in [-0.25, -0.2) is 4.39 Å². The number of carbonyl (C=O) groups excluding carboxylic acids is 2. The number of halogens is 2. The molecule has 0 heterocycles. The van der Waals surface area contributed by atoms with Gasteiger partial charge < -0.3 is 11.1 Å². The lowest BCUT2D eigenvalue weighted by molar-refractivity contribution is -0.117. The summed E-state index contributed by atoms with van der Waals surface area (Å²) in [7, 11) is 0. The van der Waals surface area contributed by atoms with Crippen molar-refractivity contribution in [2.75, 3.05) is 5.32 Å². The number of nitrogens with one attached hydrogen (secondary N) is 1. The second-order valence-electron chi connectivity index (χ2n) is 4.78. The molecule has 1 amide bonds. The van der Waals surface area contributed by atoms with Crippen LogP contribution in [0.15, 0.2) is 46.9 Å². The van der Waals surface area contributed by atoms with E-state index in [1.807, 2.05) is 0 Å². The Morgan fingerprint density at radius 3 is 2.50 bits per heavy atom. The van der Waals surface area contributed by atoms with Gasteiger partial charge in [0.25, 0.3) is 0 Å². The van der Waals surface area contributed by atoms with Crippen LogP contribution < -0.4 is 11.1 Å². The van der Waals surface area contributed by atoms with E-state index >= 15 is 0 Å². The van der Waals surface area contributed by atoms with Crippen molar-refractivity contribution in [3.63, 3.8) is 0 Å². The van der Waals surface area contributed by atoms with Crippen LogP contribution in [0.1, 0.15) is 22.8 Å². The van der Waals surface area contributed by atoms with Crippen molar-refractivity contribution in [1.82, 2.24) is 0 Å². The summed E-state index contributed by atoms with van der Waals surface area (Å²) in [5, 5.41) is 2.58. The van der Waals surface area contributed by atoms with Gasteiger partial charge in [0.1, 0.15) is 5.82 Å². The molecule has 3 N–H and O–H groups in total. The molecular weight excluding hydrogens is 351 g/mol. The summed E-state index contributed by atoms with van der Waals surface area (Å²) in [4.78, 5) is 24.3. The SMILES string of the molecule is C[C@H](N)C(=O)Nc1ccc(Br)cc1C(=O)c1ccccc1F. The molecule has 0 aliphatic carbocycles. The van der Waals surface area contributed by atoms with E-state index in [1.165, 1.54) is 31.2 Å². The van der Waals surface area contributed by atoms with Crippen LogP contribution in [0.3, 0.4) is 0 Å². The maximum absolute atomic E-state index is 13.8. The molecule has 0 spiro atoms. The van der Waals surface area contributed by atoms with E-state index < -0.39 is 23.5 Å². The van der Waals surface area contributed by atoms with Gasteiger partial charge in [-0.05, 0) is 37.3 Å². The van der Waals surface area contributed by atoms with Gasteiger partial charge in [0, 0.05) is 10.0 Å². The van der Waals surface area contributed by atoms with Crippen molar-refractivity contribution in [3.8, 4) is 0 Å². The number of benzene rings is 2. The summed E-state index contributed by atoms with van der Waals surface area (Å²) >= 11 is 3.27. The normalized spacial score (nSPS) is 11.8. The minimum Gasteiger partial charge on any atom is -0.324 e. The molecule has 2 aromatic carbocycles. The van der Waals surface area contributed by atoms with Gasteiger partial charge in [0.05, 0.1) is 17.3 Å². The Labute approximate surface area is 135 Å². The van der Waals surface area contributed by atoms with Gasteiger partial charge in [-0.1, -0.05) is 28.1 Å². The average molecular weight is 365 g/mol. The predicted octanol–water partition coefficient (Wildman–Crippen LogP) is 3.10. The first-order chi connectivity index (χ1) is 10.4. The number of hydrogen-bond donors (Lipinski definition) is 2. The standard InChI is InChI=1S/C16H14BrFN2O2/c1-9(19)16(22)20-14-7-6-10(17)8-12(14)15(21)11-4-2-3-5-13(11)18/h2-9H,19H2,1H3,(H,20,22)/t9-/m0/s1. The summed E-state index contributed by atoms with van der Waals surface area (Å²) in [6.07, 6.45) is 0. The van der Waals surface area contributed by atoms with Crippen LogP contribution >= 0.6 is 15.9 Å². The van der Waals surface area contributed by atoms with E-state index in [1.54, 1.807) is 18.2 Å². The first-order valence-electron chi connectivity index (χ1n) is 6.55. The maximum atomic E-state index is 13.8. The number of ketones is 1. The number of amides is 1. The van der Waals surface area contributed by atoms with Crippen LogP contribution in [-0.2, 0) is 4.79 Å². The molecule has 2 aromatic rings.